The molecule has 132 valence electrons. The fraction of sp³-hybridized carbons (Fsp3) is 0.529. The minimum Gasteiger partial charge on any atom is -0.376 e. The van der Waals surface area contributed by atoms with Gasteiger partial charge in [0, 0.05) is 36.3 Å². The molecule has 24 heavy (non-hydrogen) atoms. The zero-order valence-electron chi connectivity index (χ0n) is 14.0. The van der Waals surface area contributed by atoms with Crippen LogP contribution in [0.4, 0.5) is 0 Å². The Bertz CT molecular complexity index is 559. The maximum atomic E-state index is 12.0. The van der Waals surface area contributed by atoms with E-state index >= 15 is 0 Å². The number of guanidine groups is 1. The number of hydrogen-bond donors (Lipinski definition) is 3. The Labute approximate surface area is 151 Å². The summed E-state index contributed by atoms with van der Waals surface area (Å²) in [6, 6.07) is 7.33. The van der Waals surface area contributed by atoms with E-state index in [1.807, 2.05) is 19.1 Å². The maximum absolute atomic E-state index is 12.0. The average Bonchev–Trinajstić information content (AvgIpc) is 3.09. The zero-order valence-corrected chi connectivity index (χ0v) is 15.6. The van der Waals surface area contributed by atoms with Gasteiger partial charge in [0.25, 0.3) is 5.91 Å². The van der Waals surface area contributed by atoms with Gasteiger partial charge in [-0.05, 0) is 38.0 Å². The molecule has 1 atom stereocenters. The lowest BCUT2D eigenvalue weighted by Crippen LogP contribution is -2.42. The van der Waals surface area contributed by atoms with E-state index in [9.17, 15) is 4.79 Å². The van der Waals surface area contributed by atoms with Gasteiger partial charge in [0.05, 0.1) is 12.6 Å². The van der Waals surface area contributed by atoms with Gasteiger partial charge in [0.1, 0.15) is 0 Å². The van der Waals surface area contributed by atoms with Gasteiger partial charge in [-0.3, -0.25) is 9.79 Å². The van der Waals surface area contributed by atoms with Gasteiger partial charge >= 0.3 is 0 Å². The monoisotopic (exact) mass is 396 g/mol. The third-order valence-corrected chi connectivity index (χ3v) is 4.10. The van der Waals surface area contributed by atoms with Crippen molar-refractivity contribution in [3.05, 3.63) is 34.3 Å². The van der Waals surface area contributed by atoms with Crippen LogP contribution in [0.25, 0.3) is 0 Å². The largest absolute Gasteiger partial charge is 0.376 e. The SMILES string of the molecule is CCNC(=NCC1CCCO1)NCCNC(=O)c1cccc(Br)c1. The molecule has 1 unspecified atom stereocenters. The van der Waals surface area contributed by atoms with E-state index in [4.69, 9.17) is 4.74 Å². The first kappa shape index (κ1) is 18.7. The number of nitrogens with zero attached hydrogens (tertiary/aromatic N) is 1. The molecule has 0 aliphatic carbocycles. The predicted molar refractivity (Wildman–Crippen MR) is 99.4 cm³/mol. The summed E-state index contributed by atoms with van der Waals surface area (Å²) in [5.41, 5.74) is 0.642. The van der Waals surface area contributed by atoms with Crippen LogP contribution in [0.5, 0.6) is 0 Å². The lowest BCUT2D eigenvalue weighted by molar-refractivity contribution is 0.0954. The van der Waals surface area contributed by atoms with Gasteiger partial charge in [0.2, 0.25) is 0 Å². The smallest absolute Gasteiger partial charge is 0.251 e. The summed E-state index contributed by atoms with van der Waals surface area (Å²) < 4.78 is 6.47. The van der Waals surface area contributed by atoms with E-state index in [1.165, 1.54) is 0 Å². The first-order chi connectivity index (χ1) is 11.7. The van der Waals surface area contributed by atoms with Gasteiger partial charge in [0.15, 0.2) is 5.96 Å². The molecule has 1 fully saturated rings. The van der Waals surface area contributed by atoms with Crippen molar-refractivity contribution < 1.29 is 9.53 Å². The van der Waals surface area contributed by atoms with Crippen LogP contribution in [0.15, 0.2) is 33.7 Å². The van der Waals surface area contributed by atoms with Gasteiger partial charge in [-0.1, -0.05) is 22.0 Å². The van der Waals surface area contributed by atoms with Crippen LogP contribution < -0.4 is 16.0 Å². The molecule has 1 aliphatic rings. The summed E-state index contributed by atoms with van der Waals surface area (Å²) in [7, 11) is 0. The highest BCUT2D eigenvalue weighted by Crippen LogP contribution is 2.12. The van der Waals surface area contributed by atoms with Crippen molar-refractivity contribution in [1.82, 2.24) is 16.0 Å². The lowest BCUT2D eigenvalue weighted by atomic mass is 10.2. The summed E-state index contributed by atoms with van der Waals surface area (Å²) in [4.78, 5) is 16.6. The molecule has 2 rings (SSSR count). The third kappa shape index (κ3) is 6.49. The lowest BCUT2D eigenvalue weighted by Gasteiger charge is -2.13. The highest BCUT2D eigenvalue weighted by Gasteiger charge is 2.14. The second kappa shape index (κ2) is 10.3. The fourth-order valence-electron chi connectivity index (χ4n) is 2.41. The summed E-state index contributed by atoms with van der Waals surface area (Å²) in [5, 5.41) is 9.31. The number of amides is 1. The van der Waals surface area contributed by atoms with Gasteiger partial charge < -0.3 is 20.7 Å². The molecule has 1 aromatic rings. The topological polar surface area (TPSA) is 74.8 Å². The van der Waals surface area contributed by atoms with Crippen LogP contribution in [-0.2, 0) is 4.74 Å². The molecule has 0 saturated carbocycles. The molecule has 6 nitrogen and oxygen atoms in total. The second-order valence-corrected chi connectivity index (χ2v) is 6.46. The zero-order chi connectivity index (χ0) is 17.2. The summed E-state index contributed by atoms with van der Waals surface area (Å²) in [6.45, 7) is 5.46. The van der Waals surface area contributed by atoms with Gasteiger partial charge in [-0.25, -0.2) is 0 Å². The van der Waals surface area contributed by atoms with Crippen molar-refractivity contribution >= 4 is 27.8 Å². The molecule has 0 radical (unpaired) electrons. The van der Waals surface area contributed by atoms with E-state index in [1.54, 1.807) is 12.1 Å². The van der Waals surface area contributed by atoms with Crippen molar-refractivity contribution in [3.63, 3.8) is 0 Å². The number of aliphatic imine (C=N–C) groups is 1. The molecule has 0 bridgehead atoms. The maximum Gasteiger partial charge on any atom is 0.251 e. The standard InChI is InChI=1S/C17H25BrN4O2/c1-2-19-17(22-12-15-7-4-10-24-15)21-9-8-20-16(23)13-5-3-6-14(18)11-13/h3,5-6,11,15H,2,4,7-10,12H2,1H3,(H,20,23)(H2,19,21,22). The first-order valence-electron chi connectivity index (χ1n) is 8.36. The van der Waals surface area contributed by atoms with Crippen molar-refractivity contribution in [1.29, 1.82) is 0 Å². The van der Waals surface area contributed by atoms with Crippen LogP contribution in [-0.4, -0.2) is 50.8 Å². The Hall–Kier alpha value is -1.60. The number of rotatable bonds is 7. The quantitative estimate of drug-likeness (QED) is 0.373. The number of hydrogen-bond acceptors (Lipinski definition) is 3. The van der Waals surface area contributed by atoms with Gasteiger partial charge in [-0.2, -0.15) is 0 Å². The molecule has 7 heteroatoms. The third-order valence-electron chi connectivity index (χ3n) is 3.61. The molecular weight excluding hydrogens is 372 g/mol. The van der Waals surface area contributed by atoms with Crippen LogP contribution in [0.2, 0.25) is 0 Å². The summed E-state index contributed by atoms with van der Waals surface area (Å²) in [6.07, 6.45) is 2.42. The van der Waals surface area contributed by atoms with Gasteiger partial charge in [-0.15, -0.1) is 0 Å². The van der Waals surface area contributed by atoms with Crippen molar-refractivity contribution in [2.24, 2.45) is 4.99 Å². The van der Waals surface area contributed by atoms with Crippen LogP contribution in [0.3, 0.4) is 0 Å². The van der Waals surface area contributed by atoms with Crippen LogP contribution in [0.1, 0.15) is 30.1 Å². The predicted octanol–water partition coefficient (Wildman–Crippen LogP) is 1.91. The van der Waals surface area contributed by atoms with Crippen LogP contribution >= 0.6 is 15.9 Å². The Morgan fingerprint density at radius 3 is 2.88 bits per heavy atom. The molecule has 1 aromatic carbocycles. The Balaban J connectivity index is 1.71. The molecule has 1 aliphatic heterocycles. The van der Waals surface area contributed by atoms with Crippen molar-refractivity contribution in [2.75, 3.05) is 32.8 Å². The second-order valence-electron chi connectivity index (χ2n) is 5.55. The number of carbonyl (C=O) groups is 1. The molecule has 0 spiro atoms. The molecule has 1 heterocycles. The fourth-order valence-corrected chi connectivity index (χ4v) is 2.81. The Morgan fingerprint density at radius 2 is 2.17 bits per heavy atom. The highest BCUT2D eigenvalue weighted by atomic mass is 79.9. The van der Waals surface area contributed by atoms with E-state index < -0.39 is 0 Å². The molecule has 0 aromatic heterocycles. The highest BCUT2D eigenvalue weighted by molar-refractivity contribution is 9.10. The summed E-state index contributed by atoms with van der Waals surface area (Å²) in [5.74, 6) is 0.670. The number of ether oxygens (including phenoxy) is 1. The molecule has 1 amide bonds. The number of benzene rings is 1. The number of halogens is 1. The van der Waals surface area contributed by atoms with E-state index in [0.29, 0.717) is 25.2 Å². The van der Waals surface area contributed by atoms with Crippen LogP contribution in [0, 0.1) is 0 Å². The molecular formula is C17H25BrN4O2. The van der Waals surface area contributed by atoms with E-state index in [0.717, 1.165) is 36.4 Å². The number of carbonyl (C=O) groups excluding carboxylic acids is 1. The normalized spacial score (nSPS) is 17.6. The van der Waals surface area contributed by atoms with Crippen molar-refractivity contribution in [2.45, 2.75) is 25.9 Å². The van der Waals surface area contributed by atoms with Crippen molar-refractivity contribution in [3.8, 4) is 0 Å². The molecule has 1 saturated heterocycles. The first-order valence-corrected chi connectivity index (χ1v) is 9.16. The number of nitrogens with one attached hydrogen (secondary N) is 3. The minimum absolute atomic E-state index is 0.0839. The Morgan fingerprint density at radius 1 is 1.33 bits per heavy atom. The average molecular weight is 397 g/mol. The minimum atomic E-state index is -0.0839. The molecule has 3 N–H and O–H groups in total. The van der Waals surface area contributed by atoms with E-state index in [2.05, 4.69) is 36.9 Å². The van der Waals surface area contributed by atoms with E-state index in [-0.39, 0.29) is 12.0 Å². The summed E-state index contributed by atoms with van der Waals surface area (Å²) >= 11 is 3.37. The Kier molecular flexibility index (Phi) is 8.04.